The lowest BCUT2D eigenvalue weighted by Gasteiger charge is -2.04. The number of halogens is 1. The van der Waals surface area contributed by atoms with Crippen LogP contribution in [0, 0.1) is 5.82 Å². The molecular formula is C13H10FN3O. The molecule has 0 saturated carbocycles. The van der Waals surface area contributed by atoms with Gasteiger partial charge in [0.1, 0.15) is 5.82 Å². The van der Waals surface area contributed by atoms with E-state index in [1.807, 2.05) is 6.07 Å². The molecule has 0 bridgehead atoms. The molecule has 2 aromatic carbocycles. The SMILES string of the molecule is Nc1ccc(-c2cccc3onc(N)c23)cc1F. The van der Waals surface area contributed by atoms with Gasteiger partial charge in [-0.1, -0.05) is 23.4 Å². The average Bonchev–Trinajstić information content (AvgIpc) is 2.75. The Morgan fingerprint density at radius 2 is 1.94 bits per heavy atom. The van der Waals surface area contributed by atoms with Crippen LogP contribution in [0.2, 0.25) is 0 Å². The molecule has 0 amide bonds. The minimum atomic E-state index is -0.459. The van der Waals surface area contributed by atoms with Crippen molar-refractivity contribution in [1.29, 1.82) is 0 Å². The van der Waals surface area contributed by atoms with Gasteiger partial charge in [0.25, 0.3) is 0 Å². The van der Waals surface area contributed by atoms with Crippen LogP contribution in [0.3, 0.4) is 0 Å². The largest absolute Gasteiger partial charge is 0.396 e. The third-order valence-electron chi connectivity index (χ3n) is 2.84. The maximum Gasteiger partial charge on any atom is 0.175 e. The van der Waals surface area contributed by atoms with Crippen molar-refractivity contribution in [2.45, 2.75) is 0 Å². The van der Waals surface area contributed by atoms with Crippen LogP contribution in [0.15, 0.2) is 40.9 Å². The Morgan fingerprint density at radius 1 is 1.11 bits per heavy atom. The van der Waals surface area contributed by atoms with E-state index in [0.717, 1.165) is 5.56 Å². The summed E-state index contributed by atoms with van der Waals surface area (Å²) in [5, 5.41) is 4.39. The van der Waals surface area contributed by atoms with Crippen LogP contribution in [-0.2, 0) is 0 Å². The summed E-state index contributed by atoms with van der Waals surface area (Å²) >= 11 is 0. The molecule has 4 nitrogen and oxygen atoms in total. The predicted octanol–water partition coefficient (Wildman–Crippen LogP) is 2.80. The van der Waals surface area contributed by atoms with Gasteiger partial charge in [-0.05, 0) is 29.3 Å². The monoisotopic (exact) mass is 243 g/mol. The van der Waals surface area contributed by atoms with Crippen molar-refractivity contribution in [2.24, 2.45) is 0 Å². The molecule has 0 saturated heterocycles. The second kappa shape index (κ2) is 3.73. The molecule has 0 spiro atoms. The minimum absolute atomic E-state index is 0.115. The fraction of sp³-hybridized carbons (Fsp3) is 0. The number of anilines is 2. The summed E-state index contributed by atoms with van der Waals surface area (Å²) in [5.74, 6) is -0.169. The average molecular weight is 243 g/mol. The summed E-state index contributed by atoms with van der Waals surface area (Å²) in [7, 11) is 0. The van der Waals surface area contributed by atoms with Crippen LogP contribution < -0.4 is 11.5 Å². The van der Waals surface area contributed by atoms with Gasteiger partial charge in [-0.25, -0.2) is 4.39 Å². The number of hydrogen-bond donors (Lipinski definition) is 2. The molecule has 0 aliphatic heterocycles. The van der Waals surface area contributed by atoms with Gasteiger partial charge in [0.05, 0.1) is 11.1 Å². The normalized spacial score (nSPS) is 10.9. The molecule has 90 valence electrons. The number of nitrogen functional groups attached to an aromatic ring is 2. The lowest BCUT2D eigenvalue weighted by molar-refractivity contribution is 0.460. The maximum absolute atomic E-state index is 13.5. The lowest BCUT2D eigenvalue weighted by atomic mass is 10.0. The highest BCUT2D eigenvalue weighted by atomic mass is 19.1. The third kappa shape index (κ3) is 1.48. The Morgan fingerprint density at radius 3 is 2.72 bits per heavy atom. The molecule has 1 aromatic heterocycles. The van der Waals surface area contributed by atoms with Crippen molar-refractivity contribution in [3.05, 3.63) is 42.2 Å². The van der Waals surface area contributed by atoms with E-state index in [0.29, 0.717) is 16.5 Å². The molecule has 0 aliphatic carbocycles. The van der Waals surface area contributed by atoms with Gasteiger partial charge in [0.15, 0.2) is 11.4 Å². The highest BCUT2D eigenvalue weighted by molar-refractivity contribution is 6.00. The second-order valence-corrected chi connectivity index (χ2v) is 3.98. The van der Waals surface area contributed by atoms with Gasteiger partial charge in [-0.2, -0.15) is 0 Å². The van der Waals surface area contributed by atoms with Crippen molar-refractivity contribution in [3.63, 3.8) is 0 Å². The van der Waals surface area contributed by atoms with E-state index >= 15 is 0 Å². The third-order valence-corrected chi connectivity index (χ3v) is 2.84. The molecule has 3 aromatic rings. The summed E-state index contributed by atoms with van der Waals surface area (Å²) in [6.07, 6.45) is 0. The molecule has 18 heavy (non-hydrogen) atoms. The van der Waals surface area contributed by atoms with Gasteiger partial charge in [0.2, 0.25) is 0 Å². The zero-order valence-corrected chi connectivity index (χ0v) is 9.35. The smallest absolute Gasteiger partial charge is 0.175 e. The van der Waals surface area contributed by atoms with Crippen LogP contribution in [0.5, 0.6) is 0 Å². The van der Waals surface area contributed by atoms with E-state index in [9.17, 15) is 4.39 Å². The number of fused-ring (bicyclic) bond motifs is 1. The number of nitrogens with zero attached hydrogens (tertiary/aromatic N) is 1. The van der Waals surface area contributed by atoms with Crippen LogP contribution in [-0.4, -0.2) is 5.16 Å². The number of nitrogens with two attached hydrogens (primary N) is 2. The minimum Gasteiger partial charge on any atom is -0.396 e. The molecule has 4 N–H and O–H groups in total. The Balaban J connectivity index is 2.30. The van der Waals surface area contributed by atoms with Gasteiger partial charge >= 0.3 is 0 Å². The standard InChI is InChI=1S/C13H10FN3O/c14-9-6-7(4-5-10(9)15)8-2-1-3-11-12(8)13(16)17-18-11/h1-6H,15H2,(H2,16,17). The van der Waals surface area contributed by atoms with Crippen molar-refractivity contribution >= 4 is 22.5 Å². The summed E-state index contributed by atoms with van der Waals surface area (Å²) < 4.78 is 18.6. The molecule has 0 atom stereocenters. The highest BCUT2D eigenvalue weighted by Gasteiger charge is 2.12. The summed E-state index contributed by atoms with van der Waals surface area (Å²) in [4.78, 5) is 0. The van der Waals surface area contributed by atoms with Crippen LogP contribution in [0.25, 0.3) is 22.1 Å². The fourth-order valence-electron chi connectivity index (χ4n) is 1.95. The van der Waals surface area contributed by atoms with E-state index in [4.69, 9.17) is 16.0 Å². The zero-order chi connectivity index (χ0) is 12.7. The van der Waals surface area contributed by atoms with E-state index in [1.165, 1.54) is 12.1 Å². The summed E-state index contributed by atoms with van der Waals surface area (Å²) in [6, 6.07) is 10.0. The van der Waals surface area contributed by atoms with Crippen molar-refractivity contribution < 1.29 is 8.91 Å². The maximum atomic E-state index is 13.5. The van der Waals surface area contributed by atoms with Crippen molar-refractivity contribution in [3.8, 4) is 11.1 Å². The Labute approximate surface area is 102 Å². The first-order chi connectivity index (χ1) is 8.66. The number of benzene rings is 2. The van der Waals surface area contributed by atoms with Crippen molar-refractivity contribution in [2.75, 3.05) is 11.5 Å². The van der Waals surface area contributed by atoms with E-state index in [2.05, 4.69) is 5.16 Å². The number of aromatic nitrogens is 1. The predicted molar refractivity (Wildman–Crippen MR) is 68.2 cm³/mol. The summed E-state index contributed by atoms with van der Waals surface area (Å²) in [6.45, 7) is 0. The highest BCUT2D eigenvalue weighted by Crippen LogP contribution is 2.33. The zero-order valence-electron chi connectivity index (χ0n) is 9.35. The van der Waals surface area contributed by atoms with Crippen LogP contribution >= 0.6 is 0 Å². The van der Waals surface area contributed by atoms with Gasteiger partial charge in [0, 0.05) is 0 Å². The number of rotatable bonds is 1. The van der Waals surface area contributed by atoms with Crippen molar-refractivity contribution in [1.82, 2.24) is 5.16 Å². The van der Waals surface area contributed by atoms with Gasteiger partial charge in [-0.3, -0.25) is 0 Å². The fourth-order valence-corrected chi connectivity index (χ4v) is 1.95. The summed E-state index contributed by atoms with van der Waals surface area (Å²) in [5.41, 5.74) is 13.4. The quantitative estimate of drug-likeness (QED) is 0.644. The first-order valence-electron chi connectivity index (χ1n) is 5.36. The lowest BCUT2D eigenvalue weighted by Crippen LogP contribution is -1.91. The molecule has 0 aliphatic rings. The Kier molecular flexibility index (Phi) is 2.19. The topological polar surface area (TPSA) is 78.1 Å². The molecule has 5 heteroatoms. The Bertz CT molecular complexity index is 736. The number of hydrogen-bond acceptors (Lipinski definition) is 4. The van der Waals surface area contributed by atoms with Gasteiger partial charge < -0.3 is 16.0 Å². The van der Waals surface area contributed by atoms with E-state index in [-0.39, 0.29) is 11.5 Å². The molecule has 3 rings (SSSR count). The molecule has 1 heterocycles. The first kappa shape index (κ1) is 10.6. The van der Waals surface area contributed by atoms with Crippen LogP contribution in [0.1, 0.15) is 0 Å². The van der Waals surface area contributed by atoms with Crippen LogP contribution in [0.4, 0.5) is 15.9 Å². The molecular weight excluding hydrogens is 233 g/mol. The first-order valence-corrected chi connectivity index (χ1v) is 5.36. The second-order valence-electron chi connectivity index (χ2n) is 3.98. The van der Waals surface area contributed by atoms with Gasteiger partial charge in [-0.15, -0.1) is 0 Å². The molecule has 0 fully saturated rings. The Hall–Kier alpha value is -2.56. The van der Waals surface area contributed by atoms with E-state index < -0.39 is 5.82 Å². The van der Waals surface area contributed by atoms with E-state index in [1.54, 1.807) is 18.2 Å². The molecule has 0 radical (unpaired) electrons. The molecule has 0 unspecified atom stereocenters.